The summed E-state index contributed by atoms with van der Waals surface area (Å²) in [5.74, 6) is 2.14. The molecule has 6 aliphatic heterocycles. The van der Waals surface area contributed by atoms with Gasteiger partial charge in [0.2, 0.25) is 0 Å². The molecule has 14 nitrogen and oxygen atoms in total. The second-order valence-electron chi connectivity index (χ2n) is 19.1. The Hall–Kier alpha value is -10.1. The minimum absolute atomic E-state index is 0.529. The van der Waals surface area contributed by atoms with Crippen molar-refractivity contribution in [3.63, 3.8) is 0 Å². The Morgan fingerprint density at radius 2 is 0.542 bits per heavy atom. The molecular formula is C58H36N14. The zero-order valence-electron chi connectivity index (χ0n) is 38.0. The van der Waals surface area contributed by atoms with E-state index < -0.39 is 0 Å². The summed E-state index contributed by atoms with van der Waals surface area (Å²) in [6, 6.07) is 50.7. The van der Waals surface area contributed by atoms with Crippen LogP contribution in [0, 0.1) is 0 Å². The van der Waals surface area contributed by atoms with E-state index in [1.165, 1.54) is 11.1 Å². The molecule has 0 radical (unpaired) electrons. The molecule has 11 aromatic rings. The third-order valence-electron chi connectivity index (χ3n) is 14.8. The van der Waals surface area contributed by atoms with Crippen LogP contribution in [0.15, 0.2) is 146 Å². The molecule has 8 N–H and O–H groups in total. The lowest BCUT2D eigenvalue weighted by Gasteiger charge is -2.23. The second kappa shape index (κ2) is 13.8. The summed E-state index contributed by atoms with van der Waals surface area (Å²) in [5.41, 5.74) is 22.6. The van der Waals surface area contributed by atoms with Gasteiger partial charge in [-0.25, -0.2) is 29.9 Å². The zero-order valence-corrected chi connectivity index (χ0v) is 38.0. The van der Waals surface area contributed by atoms with E-state index in [1.54, 1.807) is 0 Å². The summed E-state index contributed by atoms with van der Waals surface area (Å²) >= 11 is 0. The average molecular weight is 929 g/mol. The number of hydrogen-bond donors (Lipinski definition) is 8. The quantitative estimate of drug-likeness (QED) is 0.0722. The molecule has 0 atom stereocenters. The van der Waals surface area contributed by atoms with Crippen LogP contribution in [-0.2, 0) is 12.8 Å². The van der Waals surface area contributed by atoms with Gasteiger partial charge in [0.05, 0.1) is 45.5 Å². The summed E-state index contributed by atoms with van der Waals surface area (Å²) in [6.45, 7) is 0. The van der Waals surface area contributed by atoms with Crippen molar-refractivity contribution in [1.29, 1.82) is 0 Å². The highest BCUT2D eigenvalue weighted by molar-refractivity contribution is 6.12. The van der Waals surface area contributed by atoms with Crippen molar-refractivity contribution in [2.75, 3.05) is 31.9 Å². The number of para-hydroxylation sites is 6. The highest BCUT2D eigenvalue weighted by Gasteiger charge is 2.29. The number of benzene rings is 8. The Bertz CT molecular complexity index is 3940. The van der Waals surface area contributed by atoms with Crippen molar-refractivity contribution in [3.8, 4) is 45.6 Å². The monoisotopic (exact) mass is 928 g/mol. The minimum Gasteiger partial charge on any atom is -0.355 e. The summed E-state index contributed by atoms with van der Waals surface area (Å²) in [5, 5.41) is 25.6. The maximum absolute atomic E-state index is 5.46. The maximum Gasteiger partial charge on any atom is 0.164 e. The molecule has 0 amide bonds. The van der Waals surface area contributed by atoms with Gasteiger partial charge in [0, 0.05) is 79.4 Å². The van der Waals surface area contributed by atoms with Gasteiger partial charge in [-0.3, -0.25) is 0 Å². The van der Waals surface area contributed by atoms with Crippen LogP contribution >= 0.6 is 0 Å². The molecule has 17 rings (SSSR count). The molecule has 3 aromatic heterocycles. The first-order chi connectivity index (χ1) is 35.5. The number of H-pyrrole nitrogens is 2. The summed E-state index contributed by atoms with van der Waals surface area (Å²) in [4.78, 5) is 39.9. The Morgan fingerprint density at radius 3 is 0.889 bits per heavy atom. The fourth-order valence-electron chi connectivity index (χ4n) is 11.3. The topological polar surface area (TPSA) is 181 Å². The van der Waals surface area contributed by atoms with Gasteiger partial charge in [-0.15, -0.1) is 0 Å². The van der Waals surface area contributed by atoms with E-state index in [4.69, 9.17) is 29.9 Å². The fourth-order valence-corrected chi connectivity index (χ4v) is 11.3. The molecule has 72 heavy (non-hydrogen) atoms. The number of anilines is 12. The van der Waals surface area contributed by atoms with Gasteiger partial charge >= 0.3 is 0 Å². The molecule has 6 aliphatic rings. The predicted octanol–water partition coefficient (Wildman–Crippen LogP) is 13.8. The second-order valence-corrected chi connectivity index (χ2v) is 19.1. The van der Waals surface area contributed by atoms with Gasteiger partial charge in [0.25, 0.3) is 0 Å². The Labute approximate surface area is 408 Å². The van der Waals surface area contributed by atoms with Gasteiger partial charge in [0.1, 0.15) is 22.6 Å². The van der Waals surface area contributed by atoms with E-state index in [2.05, 4.69) is 163 Å². The largest absolute Gasteiger partial charge is 0.355 e. The number of aromatic nitrogens is 8. The number of fused-ring (bicyclic) bond motifs is 28. The van der Waals surface area contributed by atoms with E-state index in [0.29, 0.717) is 45.9 Å². The van der Waals surface area contributed by atoms with Gasteiger partial charge < -0.3 is 41.9 Å². The van der Waals surface area contributed by atoms with Crippen molar-refractivity contribution >= 4 is 112 Å². The first-order valence-electron chi connectivity index (χ1n) is 24.0. The third-order valence-corrected chi connectivity index (χ3v) is 14.8. The van der Waals surface area contributed by atoms with Crippen LogP contribution in [0.25, 0.3) is 89.7 Å². The van der Waals surface area contributed by atoms with Crippen molar-refractivity contribution in [3.05, 3.63) is 168 Å². The molecule has 14 heteroatoms. The number of hydrogen-bond acceptors (Lipinski definition) is 12. The molecule has 9 heterocycles. The molecule has 0 aliphatic carbocycles. The first kappa shape index (κ1) is 37.8. The first-order valence-corrected chi connectivity index (χ1v) is 24.0. The minimum atomic E-state index is 0.529. The Balaban J connectivity index is 0.974. The molecule has 0 fully saturated rings. The number of nitrogens with zero attached hydrogens (tertiary/aromatic N) is 6. The maximum atomic E-state index is 5.46. The van der Waals surface area contributed by atoms with Gasteiger partial charge in [0.15, 0.2) is 23.3 Å². The smallest absolute Gasteiger partial charge is 0.164 e. The van der Waals surface area contributed by atoms with E-state index in [9.17, 15) is 0 Å². The van der Waals surface area contributed by atoms with Gasteiger partial charge in [-0.1, -0.05) is 60.7 Å². The Kier molecular flexibility index (Phi) is 7.25. The van der Waals surface area contributed by atoms with E-state index in [0.717, 1.165) is 136 Å². The molecule has 8 bridgehead atoms. The highest BCUT2D eigenvalue weighted by Crippen LogP contribution is 2.48. The van der Waals surface area contributed by atoms with Crippen molar-refractivity contribution in [2.24, 2.45) is 0 Å². The van der Waals surface area contributed by atoms with E-state index in [1.807, 2.05) is 24.3 Å². The number of nitrogens with one attached hydrogen (secondary N) is 8. The molecule has 0 unspecified atom stereocenters. The lowest BCUT2D eigenvalue weighted by atomic mass is 9.93. The van der Waals surface area contributed by atoms with Crippen LogP contribution in [0.5, 0.6) is 0 Å². The summed E-state index contributed by atoms with van der Waals surface area (Å²) in [7, 11) is 0. The molecule has 0 spiro atoms. The molecule has 338 valence electrons. The highest BCUT2D eigenvalue weighted by atomic mass is 15.1. The number of aromatic amines is 2. The lowest BCUT2D eigenvalue weighted by Crippen LogP contribution is -2.07. The van der Waals surface area contributed by atoms with Gasteiger partial charge in [-0.05, 0) is 107 Å². The van der Waals surface area contributed by atoms with E-state index >= 15 is 0 Å². The molecule has 0 saturated heterocycles. The third kappa shape index (κ3) is 5.53. The SMILES string of the molecule is c1ccc2c(c1)Cc1cc3c(cc1N2)-c1nc-3nc2[nH]c(nc3nc(nc4[nH]c(n1)c1cc5c(cc41)Nc1ccccc1N5)-c1cc4c(cc1-3)Cc1ccccc1N4)c1cc3c(cc21)Nc1ccccc1N3. The van der Waals surface area contributed by atoms with Crippen LogP contribution in [0.4, 0.5) is 68.2 Å². The van der Waals surface area contributed by atoms with Crippen molar-refractivity contribution < 1.29 is 0 Å². The normalized spacial score (nSPS) is 13.6. The van der Waals surface area contributed by atoms with E-state index in [-0.39, 0.29) is 0 Å². The van der Waals surface area contributed by atoms with Crippen molar-refractivity contribution in [2.45, 2.75) is 12.8 Å². The lowest BCUT2D eigenvalue weighted by molar-refractivity contribution is 1.16. The number of rotatable bonds is 0. The van der Waals surface area contributed by atoms with Crippen LogP contribution in [0.2, 0.25) is 0 Å². The fraction of sp³-hybridized carbons (Fsp3) is 0.0345. The van der Waals surface area contributed by atoms with Crippen molar-refractivity contribution in [1.82, 2.24) is 39.9 Å². The molecule has 8 aromatic carbocycles. The standard InChI is InChI=1S/C58H36N14/c1-3-11-39-27(9-1)17-29-19-31-33(21-45(29)59-39)53-65-51(31)67-55-35-23-47-48(62-42-14-6-5-13-41(42)61-47)24-36(35)56(71-55)68-52-32-20-30-18-28-10-2-4-12-40(28)60-46(30)22-34(32)54(66-52)70-58-38-26-50-49(25-37(38)57(69-53)72-58)63-43-15-7-8-16-44(43)64-50/h1-16,19-26,59-64H,17-18H2,(H2,65,66,67,68,69,70,71,72). The Morgan fingerprint density at radius 1 is 0.250 bits per heavy atom. The van der Waals surface area contributed by atoms with Gasteiger partial charge in [-0.2, -0.15) is 0 Å². The summed E-state index contributed by atoms with van der Waals surface area (Å²) < 4.78 is 0. The summed E-state index contributed by atoms with van der Waals surface area (Å²) in [6.07, 6.45) is 1.53. The van der Waals surface area contributed by atoms with Crippen LogP contribution in [0.3, 0.4) is 0 Å². The van der Waals surface area contributed by atoms with Crippen LogP contribution < -0.4 is 31.9 Å². The van der Waals surface area contributed by atoms with Crippen LogP contribution in [0.1, 0.15) is 22.3 Å². The predicted molar refractivity (Wildman–Crippen MR) is 287 cm³/mol. The molecular weight excluding hydrogens is 893 g/mol. The van der Waals surface area contributed by atoms with Crippen LogP contribution in [-0.4, -0.2) is 39.9 Å². The molecule has 0 saturated carbocycles. The zero-order chi connectivity index (χ0) is 46.8. The average Bonchev–Trinajstić information content (AvgIpc) is 4.12.